The van der Waals surface area contributed by atoms with Crippen LogP contribution in [-0.4, -0.2) is 58.1 Å². The van der Waals surface area contributed by atoms with Crippen molar-refractivity contribution in [2.75, 3.05) is 20.2 Å². The number of aromatic nitrogens is 3. The van der Waals surface area contributed by atoms with Crippen LogP contribution in [-0.2, 0) is 16.0 Å². The van der Waals surface area contributed by atoms with Crippen LogP contribution < -0.4 is 0 Å². The van der Waals surface area contributed by atoms with Crippen molar-refractivity contribution in [2.24, 2.45) is 0 Å². The minimum atomic E-state index is -4.84. The van der Waals surface area contributed by atoms with Gasteiger partial charge in [0.05, 0.1) is 24.6 Å². The summed E-state index contributed by atoms with van der Waals surface area (Å²) in [6.07, 6.45) is -1.28. The van der Waals surface area contributed by atoms with E-state index in [-0.39, 0.29) is 19.0 Å². The lowest BCUT2D eigenvalue weighted by Crippen LogP contribution is -2.45. The number of halogens is 3. The zero-order valence-electron chi connectivity index (χ0n) is 22.7. The van der Waals surface area contributed by atoms with Crippen molar-refractivity contribution in [3.63, 3.8) is 0 Å². The molecule has 7 nitrogen and oxygen atoms in total. The van der Waals surface area contributed by atoms with E-state index in [2.05, 4.69) is 17.2 Å². The molecule has 0 atom stereocenters. The second-order valence-corrected chi connectivity index (χ2v) is 9.97. The maximum atomic E-state index is 12.8. The molecule has 1 aliphatic rings. The van der Waals surface area contributed by atoms with Crippen molar-refractivity contribution in [3.05, 3.63) is 89.6 Å². The van der Waals surface area contributed by atoms with Crippen LogP contribution >= 0.6 is 0 Å². The lowest BCUT2D eigenvalue weighted by Gasteiger charge is -2.32. The molecule has 0 saturated carbocycles. The predicted molar refractivity (Wildman–Crippen MR) is 148 cm³/mol. The summed E-state index contributed by atoms with van der Waals surface area (Å²) in [7, 11) is 1.32. The summed E-state index contributed by atoms with van der Waals surface area (Å²) in [6.45, 7) is 2.22. The SMILES string of the molecule is CCc1ccccc1-c1cn(-c2ccc(-c3ccc(C4CCN(C(=O)C(F)(F)F)CC4)cc3)cc2C(=O)OC)nn1. The number of methoxy groups -OCH3 is 1. The molecule has 4 aromatic rings. The average Bonchev–Trinajstić information content (AvgIpc) is 3.50. The molecule has 10 heteroatoms. The largest absolute Gasteiger partial charge is 0.471 e. The summed E-state index contributed by atoms with van der Waals surface area (Å²) >= 11 is 0. The maximum absolute atomic E-state index is 12.8. The highest BCUT2D eigenvalue weighted by Crippen LogP contribution is 2.33. The number of esters is 1. The fourth-order valence-electron chi connectivity index (χ4n) is 5.32. The first-order chi connectivity index (χ1) is 19.7. The van der Waals surface area contributed by atoms with Gasteiger partial charge in [-0.3, -0.25) is 4.79 Å². The summed E-state index contributed by atoms with van der Waals surface area (Å²) in [5, 5.41) is 8.63. The highest BCUT2D eigenvalue weighted by molar-refractivity contribution is 5.95. The number of ether oxygens (including phenoxy) is 1. The first kappa shape index (κ1) is 28.1. The minimum Gasteiger partial charge on any atom is -0.465 e. The average molecular weight is 563 g/mol. The van der Waals surface area contributed by atoms with Crippen molar-refractivity contribution >= 4 is 11.9 Å². The second kappa shape index (κ2) is 11.6. The van der Waals surface area contributed by atoms with Gasteiger partial charge in [0.15, 0.2) is 0 Å². The van der Waals surface area contributed by atoms with E-state index in [0.717, 1.165) is 39.1 Å². The van der Waals surface area contributed by atoms with Crippen molar-refractivity contribution in [1.82, 2.24) is 19.9 Å². The van der Waals surface area contributed by atoms with Gasteiger partial charge in [0.1, 0.15) is 5.69 Å². The number of hydrogen-bond donors (Lipinski definition) is 0. The number of benzene rings is 3. The van der Waals surface area contributed by atoms with Crippen LogP contribution in [0.25, 0.3) is 28.1 Å². The summed E-state index contributed by atoms with van der Waals surface area (Å²) in [5.41, 5.74) is 6.35. The molecule has 0 aliphatic carbocycles. The lowest BCUT2D eigenvalue weighted by atomic mass is 9.88. The van der Waals surface area contributed by atoms with Crippen LogP contribution in [0.15, 0.2) is 72.9 Å². The molecule has 1 amide bonds. The second-order valence-electron chi connectivity index (χ2n) is 9.97. The summed E-state index contributed by atoms with van der Waals surface area (Å²) in [5.74, 6) is -2.22. The van der Waals surface area contributed by atoms with E-state index in [1.165, 1.54) is 7.11 Å². The number of rotatable bonds is 6. The molecule has 3 aromatic carbocycles. The molecule has 2 heterocycles. The number of piperidine rings is 1. The molecule has 212 valence electrons. The molecule has 0 bridgehead atoms. The van der Waals surface area contributed by atoms with Crippen molar-refractivity contribution < 1.29 is 27.5 Å². The Morgan fingerprint density at radius 2 is 1.66 bits per heavy atom. The van der Waals surface area contributed by atoms with Crippen molar-refractivity contribution in [1.29, 1.82) is 0 Å². The highest BCUT2D eigenvalue weighted by atomic mass is 19.4. The highest BCUT2D eigenvalue weighted by Gasteiger charge is 2.43. The molecular formula is C31H29F3N4O3. The Morgan fingerprint density at radius 1 is 0.976 bits per heavy atom. The van der Waals surface area contributed by atoms with Gasteiger partial charge in [-0.25, -0.2) is 9.48 Å². The van der Waals surface area contributed by atoms with E-state index in [9.17, 15) is 22.8 Å². The van der Waals surface area contributed by atoms with E-state index in [1.54, 1.807) is 23.0 Å². The van der Waals surface area contributed by atoms with E-state index < -0.39 is 18.1 Å². The van der Waals surface area contributed by atoms with Crippen LogP contribution in [0.4, 0.5) is 13.2 Å². The topological polar surface area (TPSA) is 77.3 Å². The van der Waals surface area contributed by atoms with Gasteiger partial charge in [-0.15, -0.1) is 5.10 Å². The number of amides is 1. The zero-order valence-corrected chi connectivity index (χ0v) is 22.7. The van der Waals surface area contributed by atoms with Crippen molar-refractivity contribution in [3.8, 4) is 28.1 Å². The molecule has 5 rings (SSSR count). The molecule has 1 aromatic heterocycles. The van der Waals surface area contributed by atoms with Gasteiger partial charge in [-0.05, 0) is 59.6 Å². The predicted octanol–water partition coefficient (Wildman–Crippen LogP) is 6.22. The van der Waals surface area contributed by atoms with E-state index in [0.29, 0.717) is 29.8 Å². The normalized spacial score (nSPS) is 14.2. The van der Waals surface area contributed by atoms with Crippen LogP contribution in [0.3, 0.4) is 0 Å². The van der Waals surface area contributed by atoms with Crippen LogP contribution in [0.2, 0.25) is 0 Å². The zero-order chi connectivity index (χ0) is 29.1. The number of alkyl halides is 3. The number of hydrogen-bond acceptors (Lipinski definition) is 5. The standard InChI is InChI=1S/C31H29F3N4O3/c1-3-20-6-4-5-7-25(20)27-19-38(36-35-27)28-13-12-24(18-26(28)29(39)41-2)22-10-8-21(9-11-22)23-14-16-37(17-15-23)30(40)31(32,33)34/h4-13,18-19,23H,3,14-17H2,1-2H3. The Hall–Kier alpha value is -4.47. The Kier molecular flexibility index (Phi) is 7.92. The molecule has 1 fully saturated rings. The van der Waals surface area contributed by atoms with Gasteiger partial charge in [-0.2, -0.15) is 13.2 Å². The van der Waals surface area contributed by atoms with Gasteiger partial charge < -0.3 is 9.64 Å². The van der Waals surface area contributed by atoms with Gasteiger partial charge >= 0.3 is 18.1 Å². The Balaban J connectivity index is 1.36. The first-order valence-electron chi connectivity index (χ1n) is 13.4. The third-order valence-corrected chi connectivity index (χ3v) is 7.56. The van der Waals surface area contributed by atoms with Crippen LogP contribution in [0, 0.1) is 0 Å². The Labute approximate surface area is 235 Å². The third-order valence-electron chi connectivity index (χ3n) is 7.56. The molecule has 41 heavy (non-hydrogen) atoms. The quantitative estimate of drug-likeness (QED) is 0.261. The number of carbonyl (C=O) groups is 2. The van der Waals surface area contributed by atoms with Gasteiger partial charge in [0, 0.05) is 18.7 Å². The molecule has 0 N–H and O–H groups in total. The van der Waals surface area contributed by atoms with Crippen LogP contribution in [0.1, 0.15) is 47.2 Å². The Bertz CT molecular complexity index is 1560. The first-order valence-corrected chi connectivity index (χ1v) is 13.4. The molecule has 0 spiro atoms. The minimum absolute atomic E-state index is 0.0636. The van der Waals surface area contributed by atoms with E-state index in [1.807, 2.05) is 54.6 Å². The molecular weight excluding hydrogens is 533 g/mol. The number of nitrogens with zero attached hydrogens (tertiary/aromatic N) is 4. The Morgan fingerprint density at radius 3 is 2.32 bits per heavy atom. The van der Waals surface area contributed by atoms with Gasteiger partial charge in [0.2, 0.25) is 0 Å². The monoisotopic (exact) mass is 562 g/mol. The number of carbonyl (C=O) groups excluding carboxylic acids is 2. The van der Waals surface area contributed by atoms with E-state index in [4.69, 9.17) is 4.74 Å². The fraction of sp³-hybridized carbons (Fsp3) is 0.290. The molecule has 1 saturated heterocycles. The van der Waals surface area contributed by atoms with E-state index >= 15 is 0 Å². The molecule has 0 unspecified atom stereocenters. The number of aryl methyl sites for hydroxylation is 1. The number of likely N-dealkylation sites (tertiary alicyclic amines) is 1. The molecule has 0 radical (unpaired) electrons. The van der Waals surface area contributed by atoms with Gasteiger partial charge in [0.25, 0.3) is 0 Å². The lowest BCUT2D eigenvalue weighted by molar-refractivity contribution is -0.186. The fourth-order valence-corrected chi connectivity index (χ4v) is 5.32. The third kappa shape index (κ3) is 5.86. The van der Waals surface area contributed by atoms with Crippen molar-refractivity contribution in [2.45, 2.75) is 38.3 Å². The maximum Gasteiger partial charge on any atom is 0.471 e. The van der Waals surface area contributed by atoms with Crippen LogP contribution in [0.5, 0.6) is 0 Å². The van der Waals surface area contributed by atoms with Gasteiger partial charge in [-0.1, -0.05) is 66.7 Å². The molecule has 1 aliphatic heterocycles. The smallest absolute Gasteiger partial charge is 0.465 e. The summed E-state index contributed by atoms with van der Waals surface area (Å²) < 4.78 is 44.9. The summed E-state index contributed by atoms with van der Waals surface area (Å²) in [4.78, 5) is 25.2. The summed E-state index contributed by atoms with van der Waals surface area (Å²) in [6, 6.07) is 21.2.